The maximum atomic E-state index is 2.29. The molecule has 0 saturated heterocycles. The van der Waals surface area contributed by atoms with Crippen molar-refractivity contribution in [2.24, 2.45) is 5.92 Å². The molecule has 0 bridgehead atoms. The molecule has 0 spiro atoms. The van der Waals surface area contributed by atoms with E-state index in [-0.39, 0.29) is 0 Å². The Morgan fingerprint density at radius 1 is 0.684 bits per heavy atom. The Bertz CT molecular complexity index is 389. The van der Waals surface area contributed by atoms with Gasteiger partial charge in [-0.25, -0.2) is 0 Å². The molecular formula is C19H26. The van der Waals surface area contributed by atoms with E-state index in [0.717, 1.165) is 0 Å². The third kappa shape index (κ3) is 4.90. The molecule has 0 aliphatic carbocycles. The third-order valence-electron chi connectivity index (χ3n) is 3.11. The molecule has 0 aromatic heterocycles. The second kappa shape index (κ2) is 8.53. The first-order valence-corrected chi connectivity index (χ1v) is 7.37. The molecule has 0 fully saturated rings. The third-order valence-corrected chi connectivity index (χ3v) is 3.11. The predicted molar refractivity (Wildman–Crippen MR) is 85.5 cm³/mol. The standard InChI is InChI=1S/C17H20.C2H6/c1-14(2)13-17(15-9-5-3-6-10-15)16-11-7-4-8-12-16;1-2/h3-12,14,17H,13H2,1-2H3;1-2H3. The van der Waals surface area contributed by atoms with Crippen molar-refractivity contribution >= 4 is 0 Å². The minimum absolute atomic E-state index is 0.525. The molecule has 102 valence electrons. The van der Waals surface area contributed by atoms with Gasteiger partial charge in [-0.15, -0.1) is 0 Å². The first kappa shape index (κ1) is 15.5. The lowest BCUT2D eigenvalue weighted by atomic mass is 9.85. The average Bonchev–Trinajstić information content (AvgIpc) is 2.48. The molecule has 0 N–H and O–H groups in total. The monoisotopic (exact) mass is 254 g/mol. The van der Waals surface area contributed by atoms with Crippen molar-refractivity contribution in [3.05, 3.63) is 71.8 Å². The Kier molecular flexibility index (Phi) is 6.95. The SMILES string of the molecule is CC.CC(C)CC(c1ccccc1)c1ccccc1. The summed E-state index contributed by atoms with van der Waals surface area (Å²) in [6, 6.07) is 21.6. The van der Waals surface area contributed by atoms with E-state index in [1.54, 1.807) is 0 Å². The van der Waals surface area contributed by atoms with Crippen molar-refractivity contribution in [2.75, 3.05) is 0 Å². The van der Waals surface area contributed by atoms with Crippen LogP contribution in [0.5, 0.6) is 0 Å². The minimum Gasteiger partial charge on any atom is -0.0683 e. The van der Waals surface area contributed by atoms with Gasteiger partial charge < -0.3 is 0 Å². The molecule has 0 radical (unpaired) electrons. The molecule has 0 heteroatoms. The van der Waals surface area contributed by atoms with Crippen molar-refractivity contribution in [2.45, 2.75) is 40.0 Å². The molecule has 0 aliphatic heterocycles. The van der Waals surface area contributed by atoms with Crippen LogP contribution in [0.1, 0.15) is 51.2 Å². The van der Waals surface area contributed by atoms with Crippen molar-refractivity contribution in [1.29, 1.82) is 0 Å². The molecule has 0 unspecified atom stereocenters. The summed E-state index contributed by atoms with van der Waals surface area (Å²) in [7, 11) is 0. The van der Waals surface area contributed by atoms with Crippen LogP contribution in [0.25, 0.3) is 0 Å². The van der Waals surface area contributed by atoms with Crippen LogP contribution in [-0.2, 0) is 0 Å². The zero-order valence-electron chi connectivity index (χ0n) is 12.6. The first-order chi connectivity index (χ1) is 9.27. The smallest absolute Gasteiger partial charge is 0.00917 e. The minimum atomic E-state index is 0.525. The van der Waals surface area contributed by atoms with E-state index in [1.807, 2.05) is 13.8 Å². The van der Waals surface area contributed by atoms with E-state index in [2.05, 4.69) is 74.5 Å². The Labute approximate surface area is 118 Å². The maximum absolute atomic E-state index is 2.29. The van der Waals surface area contributed by atoms with Gasteiger partial charge in [0.1, 0.15) is 0 Å². The summed E-state index contributed by atoms with van der Waals surface area (Å²) in [6.07, 6.45) is 1.20. The summed E-state index contributed by atoms with van der Waals surface area (Å²) in [4.78, 5) is 0. The van der Waals surface area contributed by atoms with Gasteiger partial charge in [-0.05, 0) is 23.5 Å². The highest BCUT2D eigenvalue weighted by Gasteiger charge is 2.14. The van der Waals surface area contributed by atoms with Gasteiger partial charge in [0.25, 0.3) is 0 Å². The van der Waals surface area contributed by atoms with Crippen LogP contribution < -0.4 is 0 Å². The first-order valence-electron chi connectivity index (χ1n) is 7.37. The molecule has 2 rings (SSSR count). The van der Waals surface area contributed by atoms with E-state index in [4.69, 9.17) is 0 Å². The predicted octanol–water partition coefficient (Wildman–Crippen LogP) is 5.89. The molecule has 2 aromatic rings. The van der Waals surface area contributed by atoms with Crippen molar-refractivity contribution < 1.29 is 0 Å². The van der Waals surface area contributed by atoms with Crippen LogP contribution in [-0.4, -0.2) is 0 Å². The zero-order valence-corrected chi connectivity index (χ0v) is 12.6. The second-order valence-electron chi connectivity index (χ2n) is 5.00. The molecule has 0 heterocycles. The Morgan fingerprint density at radius 2 is 1.05 bits per heavy atom. The van der Waals surface area contributed by atoms with E-state index in [1.165, 1.54) is 17.5 Å². The van der Waals surface area contributed by atoms with Crippen LogP contribution in [0.3, 0.4) is 0 Å². The largest absolute Gasteiger partial charge is 0.0683 e. The normalized spacial score (nSPS) is 10.2. The molecule has 2 aromatic carbocycles. The molecule has 0 aliphatic rings. The molecule has 0 amide bonds. The summed E-state index contributed by atoms with van der Waals surface area (Å²) >= 11 is 0. The van der Waals surface area contributed by atoms with Crippen LogP contribution in [0.2, 0.25) is 0 Å². The number of benzene rings is 2. The van der Waals surface area contributed by atoms with E-state index < -0.39 is 0 Å². The number of hydrogen-bond donors (Lipinski definition) is 0. The molecule has 0 saturated carbocycles. The summed E-state index contributed by atoms with van der Waals surface area (Å²) in [5.41, 5.74) is 2.85. The molecule has 19 heavy (non-hydrogen) atoms. The van der Waals surface area contributed by atoms with Gasteiger partial charge >= 0.3 is 0 Å². The fraction of sp³-hybridized carbons (Fsp3) is 0.368. The summed E-state index contributed by atoms with van der Waals surface area (Å²) < 4.78 is 0. The Balaban J connectivity index is 0.000000861. The van der Waals surface area contributed by atoms with Crippen molar-refractivity contribution in [3.8, 4) is 0 Å². The van der Waals surface area contributed by atoms with Crippen LogP contribution in [0.15, 0.2) is 60.7 Å². The van der Waals surface area contributed by atoms with E-state index >= 15 is 0 Å². The lowest BCUT2D eigenvalue weighted by Crippen LogP contribution is -2.04. The van der Waals surface area contributed by atoms with E-state index in [9.17, 15) is 0 Å². The lowest BCUT2D eigenvalue weighted by Gasteiger charge is -2.20. The van der Waals surface area contributed by atoms with Gasteiger partial charge in [-0.2, -0.15) is 0 Å². The fourth-order valence-electron chi connectivity index (χ4n) is 2.31. The van der Waals surface area contributed by atoms with Crippen molar-refractivity contribution in [3.63, 3.8) is 0 Å². The summed E-state index contributed by atoms with van der Waals surface area (Å²) in [6.45, 7) is 8.58. The van der Waals surface area contributed by atoms with Crippen molar-refractivity contribution in [1.82, 2.24) is 0 Å². The number of rotatable bonds is 4. The lowest BCUT2D eigenvalue weighted by molar-refractivity contribution is 0.541. The van der Waals surface area contributed by atoms with Gasteiger partial charge in [0.2, 0.25) is 0 Å². The second-order valence-corrected chi connectivity index (χ2v) is 5.00. The highest BCUT2D eigenvalue weighted by Crippen LogP contribution is 2.30. The van der Waals surface area contributed by atoms with Crippen LogP contribution in [0, 0.1) is 5.92 Å². The fourth-order valence-corrected chi connectivity index (χ4v) is 2.31. The molecular weight excluding hydrogens is 228 g/mol. The topological polar surface area (TPSA) is 0 Å². The quantitative estimate of drug-likeness (QED) is 0.638. The van der Waals surface area contributed by atoms with Gasteiger partial charge in [-0.1, -0.05) is 88.4 Å². The number of hydrogen-bond acceptors (Lipinski definition) is 0. The van der Waals surface area contributed by atoms with Crippen LogP contribution >= 0.6 is 0 Å². The highest BCUT2D eigenvalue weighted by molar-refractivity contribution is 5.32. The van der Waals surface area contributed by atoms with Crippen LogP contribution in [0.4, 0.5) is 0 Å². The maximum Gasteiger partial charge on any atom is 0.00917 e. The van der Waals surface area contributed by atoms with Gasteiger partial charge in [0.05, 0.1) is 0 Å². The van der Waals surface area contributed by atoms with Gasteiger partial charge in [0.15, 0.2) is 0 Å². The Hall–Kier alpha value is -1.56. The van der Waals surface area contributed by atoms with Gasteiger partial charge in [0, 0.05) is 5.92 Å². The molecule has 0 nitrogen and oxygen atoms in total. The average molecular weight is 254 g/mol. The zero-order chi connectivity index (χ0) is 14.1. The summed E-state index contributed by atoms with van der Waals surface area (Å²) in [5.74, 6) is 1.23. The molecule has 0 atom stereocenters. The van der Waals surface area contributed by atoms with Gasteiger partial charge in [-0.3, -0.25) is 0 Å². The highest BCUT2D eigenvalue weighted by atomic mass is 14.2. The van der Waals surface area contributed by atoms with E-state index in [0.29, 0.717) is 11.8 Å². The Morgan fingerprint density at radius 3 is 1.37 bits per heavy atom. The summed E-state index contributed by atoms with van der Waals surface area (Å²) in [5, 5.41) is 0.